The minimum Gasteiger partial charge on any atom is -0.396 e. The van der Waals surface area contributed by atoms with Crippen molar-refractivity contribution in [1.82, 2.24) is 14.6 Å². The van der Waals surface area contributed by atoms with Gasteiger partial charge in [0.15, 0.2) is 11.3 Å². The van der Waals surface area contributed by atoms with Crippen molar-refractivity contribution in [2.75, 3.05) is 5.73 Å². The lowest BCUT2D eigenvalue weighted by Gasteiger charge is -2.10. The molecule has 0 aliphatic rings. The Morgan fingerprint density at radius 2 is 1.81 bits per heavy atom. The summed E-state index contributed by atoms with van der Waals surface area (Å²) in [6.07, 6.45) is -3.60. The molecule has 2 N–H and O–H groups in total. The van der Waals surface area contributed by atoms with E-state index >= 15 is 0 Å². The van der Waals surface area contributed by atoms with Crippen LogP contribution in [0.25, 0.3) is 16.9 Å². The minimum absolute atomic E-state index is 0.104. The number of hydrogen-bond acceptors (Lipinski definition) is 3. The van der Waals surface area contributed by atoms with Gasteiger partial charge in [0.25, 0.3) is 0 Å². The highest BCUT2D eigenvalue weighted by atomic mass is 19.4. The summed E-state index contributed by atoms with van der Waals surface area (Å²) in [5.41, 5.74) is 6.23. The van der Waals surface area contributed by atoms with E-state index in [0.717, 1.165) is 21.8 Å². The molecule has 0 radical (unpaired) electrons. The largest absolute Gasteiger partial charge is 0.435 e. The van der Waals surface area contributed by atoms with Crippen molar-refractivity contribution in [1.29, 1.82) is 0 Å². The molecule has 0 aliphatic carbocycles. The molecule has 4 nitrogen and oxygen atoms in total. The molecule has 7 heteroatoms. The van der Waals surface area contributed by atoms with Crippen LogP contribution in [-0.4, -0.2) is 14.6 Å². The molecule has 0 saturated heterocycles. The van der Waals surface area contributed by atoms with E-state index in [1.807, 2.05) is 19.1 Å². The number of aromatic nitrogens is 3. The number of benzene rings is 1. The van der Waals surface area contributed by atoms with Crippen molar-refractivity contribution in [3.05, 3.63) is 47.8 Å². The number of alkyl halides is 3. The van der Waals surface area contributed by atoms with Gasteiger partial charge in [-0.25, -0.2) is 9.50 Å². The molecule has 21 heavy (non-hydrogen) atoms. The maximum absolute atomic E-state index is 13.1. The fraction of sp³-hybridized carbons (Fsp3) is 0.143. The second-order valence-electron chi connectivity index (χ2n) is 4.73. The van der Waals surface area contributed by atoms with E-state index in [0.29, 0.717) is 5.69 Å². The first-order chi connectivity index (χ1) is 9.86. The van der Waals surface area contributed by atoms with Gasteiger partial charge >= 0.3 is 6.18 Å². The molecule has 0 spiro atoms. The predicted molar refractivity (Wildman–Crippen MR) is 72.6 cm³/mol. The van der Waals surface area contributed by atoms with E-state index in [1.165, 1.54) is 6.07 Å². The molecular weight excluding hydrogens is 281 g/mol. The number of rotatable bonds is 1. The van der Waals surface area contributed by atoms with Crippen molar-refractivity contribution in [2.24, 2.45) is 0 Å². The minimum atomic E-state index is -4.60. The molecule has 0 amide bonds. The molecule has 3 rings (SSSR count). The molecule has 0 bridgehead atoms. The lowest BCUT2D eigenvalue weighted by Crippen LogP contribution is -2.16. The maximum Gasteiger partial charge on any atom is 0.435 e. The maximum atomic E-state index is 13.1. The SMILES string of the molecule is Cc1ccc(-c2cc3ncc(N)c(C(F)(F)F)n3n2)cc1. The van der Waals surface area contributed by atoms with Gasteiger partial charge < -0.3 is 5.73 Å². The first kappa shape index (κ1) is 13.4. The Morgan fingerprint density at radius 3 is 2.43 bits per heavy atom. The van der Waals surface area contributed by atoms with Crippen molar-refractivity contribution in [3.8, 4) is 11.3 Å². The topological polar surface area (TPSA) is 56.2 Å². The first-order valence-corrected chi connectivity index (χ1v) is 6.15. The van der Waals surface area contributed by atoms with Crippen LogP contribution in [0.1, 0.15) is 11.3 Å². The smallest absolute Gasteiger partial charge is 0.396 e. The number of fused-ring (bicyclic) bond motifs is 1. The standard InChI is InChI=1S/C14H11F3N4/c1-8-2-4-9(5-3-8)11-6-12-19-7-10(18)13(14(15,16)17)21(12)20-11/h2-7H,18H2,1H3. The molecular formula is C14H11F3N4. The Labute approximate surface area is 118 Å². The summed E-state index contributed by atoms with van der Waals surface area (Å²) in [5.74, 6) is 0. The lowest BCUT2D eigenvalue weighted by molar-refractivity contribution is -0.141. The Morgan fingerprint density at radius 1 is 1.14 bits per heavy atom. The van der Waals surface area contributed by atoms with Crippen LogP contribution in [0.3, 0.4) is 0 Å². The lowest BCUT2D eigenvalue weighted by atomic mass is 10.1. The number of halogens is 3. The Bertz CT molecular complexity index is 803. The van der Waals surface area contributed by atoms with E-state index in [2.05, 4.69) is 10.1 Å². The first-order valence-electron chi connectivity index (χ1n) is 6.15. The van der Waals surface area contributed by atoms with Crippen molar-refractivity contribution in [3.63, 3.8) is 0 Å². The Balaban J connectivity index is 2.23. The molecule has 0 unspecified atom stereocenters. The fourth-order valence-corrected chi connectivity index (χ4v) is 2.10. The van der Waals surface area contributed by atoms with Gasteiger partial charge in [-0.15, -0.1) is 0 Å². The average Bonchev–Trinajstić information content (AvgIpc) is 2.81. The highest BCUT2D eigenvalue weighted by Gasteiger charge is 2.37. The number of anilines is 1. The van der Waals surface area contributed by atoms with Gasteiger partial charge in [0, 0.05) is 11.6 Å². The van der Waals surface area contributed by atoms with Crippen LogP contribution in [-0.2, 0) is 6.18 Å². The van der Waals surface area contributed by atoms with E-state index in [1.54, 1.807) is 12.1 Å². The normalized spacial score (nSPS) is 12.0. The summed E-state index contributed by atoms with van der Waals surface area (Å²) in [6, 6.07) is 8.83. The number of nitrogens with zero attached hydrogens (tertiary/aromatic N) is 3. The van der Waals surface area contributed by atoms with E-state index in [4.69, 9.17) is 5.73 Å². The highest BCUT2D eigenvalue weighted by Crippen LogP contribution is 2.34. The molecule has 1 aromatic carbocycles. The van der Waals surface area contributed by atoms with Gasteiger partial charge in [-0.05, 0) is 6.92 Å². The summed E-state index contributed by atoms with van der Waals surface area (Å²) in [5, 5.41) is 3.99. The predicted octanol–water partition coefficient (Wildman–Crippen LogP) is 3.31. The summed E-state index contributed by atoms with van der Waals surface area (Å²) in [4.78, 5) is 3.89. The third kappa shape index (κ3) is 2.31. The van der Waals surface area contributed by atoms with Crippen LogP contribution in [0.5, 0.6) is 0 Å². The molecule has 0 fully saturated rings. The van der Waals surface area contributed by atoms with E-state index < -0.39 is 17.6 Å². The van der Waals surface area contributed by atoms with Gasteiger partial charge in [-0.3, -0.25) is 0 Å². The van der Waals surface area contributed by atoms with E-state index in [9.17, 15) is 13.2 Å². The van der Waals surface area contributed by atoms with Gasteiger partial charge in [0.1, 0.15) is 0 Å². The van der Waals surface area contributed by atoms with Gasteiger partial charge in [0.2, 0.25) is 0 Å². The molecule has 0 aliphatic heterocycles. The van der Waals surface area contributed by atoms with Crippen LogP contribution in [0, 0.1) is 6.92 Å². The summed E-state index contributed by atoms with van der Waals surface area (Å²) >= 11 is 0. The van der Waals surface area contributed by atoms with E-state index in [-0.39, 0.29) is 5.65 Å². The van der Waals surface area contributed by atoms with Gasteiger partial charge in [-0.2, -0.15) is 18.3 Å². The Hall–Kier alpha value is -2.57. The highest BCUT2D eigenvalue weighted by molar-refractivity contribution is 5.65. The summed E-state index contributed by atoms with van der Waals surface area (Å²) < 4.78 is 40.0. The van der Waals surface area contributed by atoms with Crippen LogP contribution < -0.4 is 5.73 Å². The molecule has 0 atom stereocenters. The third-order valence-corrected chi connectivity index (χ3v) is 3.13. The third-order valence-electron chi connectivity index (χ3n) is 3.13. The van der Waals surface area contributed by atoms with Crippen molar-refractivity contribution < 1.29 is 13.2 Å². The number of hydrogen-bond donors (Lipinski definition) is 1. The molecule has 2 heterocycles. The second-order valence-corrected chi connectivity index (χ2v) is 4.73. The molecule has 2 aromatic heterocycles. The zero-order valence-corrected chi connectivity index (χ0v) is 11.0. The molecule has 0 saturated carbocycles. The van der Waals surface area contributed by atoms with Gasteiger partial charge in [-0.1, -0.05) is 29.8 Å². The quantitative estimate of drug-likeness (QED) is 0.748. The average molecular weight is 292 g/mol. The van der Waals surface area contributed by atoms with Crippen LogP contribution in [0.15, 0.2) is 36.5 Å². The summed E-state index contributed by atoms with van der Waals surface area (Å²) in [6.45, 7) is 1.93. The van der Waals surface area contributed by atoms with Crippen LogP contribution in [0.2, 0.25) is 0 Å². The van der Waals surface area contributed by atoms with Crippen molar-refractivity contribution >= 4 is 11.3 Å². The zero-order chi connectivity index (χ0) is 15.2. The van der Waals surface area contributed by atoms with Crippen LogP contribution >= 0.6 is 0 Å². The van der Waals surface area contributed by atoms with Gasteiger partial charge in [0.05, 0.1) is 17.6 Å². The number of aryl methyl sites for hydroxylation is 1. The number of nitrogens with two attached hydrogens (primary N) is 1. The fourth-order valence-electron chi connectivity index (χ4n) is 2.10. The number of nitrogen functional groups attached to an aromatic ring is 1. The molecule has 108 valence electrons. The summed E-state index contributed by atoms with van der Waals surface area (Å²) in [7, 11) is 0. The van der Waals surface area contributed by atoms with Crippen molar-refractivity contribution in [2.45, 2.75) is 13.1 Å². The molecule has 3 aromatic rings. The van der Waals surface area contributed by atoms with Crippen LogP contribution in [0.4, 0.5) is 18.9 Å². The monoisotopic (exact) mass is 292 g/mol. The second kappa shape index (κ2) is 4.47. The zero-order valence-electron chi connectivity index (χ0n) is 11.0. The Kier molecular flexibility index (Phi) is 2.86.